The summed E-state index contributed by atoms with van der Waals surface area (Å²) in [5.74, 6) is -0.102. The van der Waals surface area contributed by atoms with Gasteiger partial charge in [0.25, 0.3) is 5.91 Å². The molecular weight excluding hydrogens is 384 g/mol. The molecule has 1 atom stereocenters. The number of hydrogen-bond donors (Lipinski definition) is 1. The highest BCUT2D eigenvalue weighted by Crippen LogP contribution is 2.27. The third-order valence-electron chi connectivity index (χ3n) is 5.33. The predicted molar refractivity (Wildman–Crippen MR) is 117 cm³/mol. The molecular formula is C23H25ClN4O. The highest BCUT2D eigenvalue weighted by atomic mass is 35.5. The smallest absolute Gasteiger partial charge is 0.252 e. The van der Waals surface area contributed by atoms with Gasteiger partial charge in [-0.25, -0.2) is 4.98 Å². The Bertz CT molecular complexity index is 1000. The van der Waals surface area contributed by atoms with E-state index in [-0.39, 0.29) is 11.9 Å². The van der Waals surface area contributed by atoms with Crippen molar-refractivity contribution in [3.05, 3.63) is 59.4 Å². The average molecular weight is 409 g/mol. The molecule has 0 radical (unpaired) electrons. The van der Waals surface area contributed by atoms with Crippen molar-refractivity contribution in [2.24, 2.45) is 0 Å². The van der Waals surface area contributed by atoms with Crippen molar-refractivity contribution in [2.75, 3.05) is 19.6 Å². The number of fused-ring (bicyclic) bond motifs is 1. The number of carbonyl (C=O) groups is 1. The van der Waals surface area contributed by atoms with E-state index in [4.69, 9.17) is 16.6 Å². The molecule has 1 aliphatic heterocycles. The number of halogens is 1. The Kier molecular flexibility index (Phi) is 6.07. The summed E-state index contributed by atoms with van der Waals surface area (Å²) in [5, 5.41) is 4.51. The van der Waals surface area contributed by atoms with Crippen LogP contribution in [0.2, 0.25) is 5.02 Å². The quantitative estimate of drug-likeness (QED) is 0.672. The maximum atomic E-state index is 13.2. The van der Waals surface area contributed by atoms with E-state index < -0.39 is 0 Å². The average Bonchev–Trinajstić information content (AvgIpc) is 2.74. The van der Waals surface area contributed by atoms with Gasteiger partial charge in [-0.05, 0) is 69.3 Å². The lowest BCUT2D eigenvalue weighted by Gasteiger charge is -2.29. The van der Waals surface area contributed by atoms with Crippen molar-refractivity contribution in [3.8, 4) is 11.3 Å². The summed E-state index contributed by atoms with van der Waals surface area (Å²) in [6.45, 7) is 5.15. The first-order valence-electron chi connectivity index (χ1n) is 10.1. The monoisotopic (exact) mass is 408 g/mol. The molecule has 2 aromatic heterocycles. The predicted octanol–water partition coefficient (Wildman–Crippen LogP) is 4.55. The zero-order valence-corrected chi connectivity index (χ0v) is 17.3. The van der Waals surface area contributed by atoms with Crippen LogP contribution >= 0.6 is 11.6 Å². The van der Waals surface area contributed by atoms with Crippen LogP contribution in [0.5, 0.6) is 0 Å². The minimum atomic E-state index is -0.102. The molecule has 6 heteroatoms. The van der Waals surface area contributed by atoms with Gasteiger partial charge in [-0.3, -0.25) is 9.78 Å². The molecule has 1 N–H and O–H groups in total. The van der Waals surface area contributed by atoms with Crippen LogP contribution in [-0.4, -0.2) is 46.5 Å². The Morgan fingerprint density at radius 1 is 1.21 bits per heavy atom. The van der Waals surface area contributed by atoms with Crippen molar-refractivity contribution >= 4 is 28.4 Å². The van der Waals surface area contributed by atoms with Crippen LogP contribution in [0, 0.1) is 0 Å². The van der Waals surface area contributed by atoms with Gasteiger partial charge >= 0.3 is 0 Å². The van der Waals surface area contributed by atoms with Gasteiger partial charge in [0.2, 0.25) is 0 Å². The SMILES string of the molecule is C[C@@H](CN1CCCCC1)NC(=O)c1cc(-c2cccnc2)nc2ccc(Cl)cc12. The third kappa shape index (κ3) is 4.74. The Morgan fingerprint density at radius 3 is 2.79 bits per heavy atom. The van der Waals surface area contributed by atoms with E-state index in [9.17, 15) is 4.79 Å². The number of rotatable bonds is 5. The van der Waals surface area contributed by atoms with Crippen LogP contribution in [0.4, 0.5) is 0 Å². The van der Waals surface area contributed by atoms with Crippen LogP contribution < -0.4 is 5.32 Å². The highest BCUT2D eigenvalue weighted by Gasteiger charge is 2.19. The molecule has 0 aliphatic carbocycles. The highest BCUT2D eigenvalue weighted by molar-refractivity contribution is 6.31. The lowest BCUT2D eigenvalue weighted by Crippen LogP contribution is -2.43. The zero-order valence-electron chi connectivity index (χ0n) is 16.6. The number of benzene rings is 1. The molecule has 1 fully saturated rings. The van der Waals surface area contributed by atoms with E-state index in [1.807, 2.05) is 24.3 Å². The van der Waals surface area contributed by atoms with Gasteiger partial charge in [0, 0.05) is 41.0 Å². The van der Waals surface area contributed by atoms with Crippen molar-refractivity contribution < 1.29 is 4.79 Å². The van der Waals surface area contributed by atoms with Gasteiger partial charge in [-0.15, -0.1) is 0 Å². The summed E-state index contributed by atoms with van der Waals surface area (Å²) in [7, 11) is 0. The number of pyridine rings is 2. The summed E-state index contributed by atoms with van der Waals surface area (Å²) >= 11 is 6.21. The second-order valence-corrected chi connectivity index (χ2v) is 8.13. The van der Waals surface area contributed by atoms with Gasteiger partial charge in [0.05, 0.1) is 16.8 Å². The molecule has 0 saturated carbocycles. The molecule has 29 heavy (non-hydrogen) atoms. The number of piperidine rings is 1. The van der Waals surface area contributed by atoms with Gasteiger partial charge in [0.15, 0.2) is 0 Å². The standard InChI is InChI=1S/C23H25ClN4O/c1-16(15-28-10-3-2-4-11-28)26-23(29)20-13-22(17-6-5-9-25-14-17)27-21-8-7-18(24)12-19(20)21/h5-9,12-14,16H,2-4,10-11,15H2,1H3,(H,26,29)/t16-/m0/s1. The largest absolute Gasteiger partial charge is 0.348 e. The molecule has 150 valence electrons. The molecule has 4 rings (SSSR count). The Balaban J connectivity index is 1.63. The summed E-state index contributed by atoms with van der Waals surface area (Å²) in [5.41, 5.74) is 2.92. The molecule has 1 amide bonds. The lowest BCUT2D eigenvalue weighted by atomic mass is 10.0. The number of likely N-dealkylation sites (tertiary alicyclic amines) is 1. The number of nitrogens with one attached hydrogen (secondary N) is 1. The number of amides is 1. The Morgan fingerprint density at radius 2 is 2.03 bits per heavy atom. The first-order chi connectivity index (χ1) is 14.1. The fraction of sp³-hybridized carbons (Fsp3) is 0.348. The summed E-state index contributed by atoms with van der Waals surface area (Å²) in [6.07, 6.45) is 7.26. The lowest BCUT2D eigenvalue weighted by molar-refractivity contribution is 0.0927. The fourth-order valence-corrected chi connectivity index (χ4v) is 4.10. The molecule has 1 aromatic carbocycles. The van der Waals surface area contributed by atoms with Crippen molar-refractivity contribution in [3.63, 3.8) is 0 Å². The molecule has 0 unspecified atom stereocenters. The van der Waals surface area contributed by atoms with Gasteiger partial charge < -0.3 is 10.2 Å². The molecule has 3 heterocycles. The third-order valence-corrected chi connectivity index (χ3v) is 5.57. The molecule has 0 bridgehead atoms. The topological polar surface area (TPSA) is 58.1 Å². The van der Waals surface area contributed by atoms with Crippen LogP contribution in [0.15, 0.2) is 48.8 Å². The Labute approximate surface area is 176 Å². The van der Waals surface area contributed by atoms with Gasteiger partial charge in [0.1, 0.15) is 0 Å². The normalized spacial score (nSPS) is 15.9. The second-order valence-electron chi connectivity index (χ2n) is 7.69. The summed E-state index contributed by atoms with van der Waals surface area (Å²) in [4.78, 5) is 24.5. The molecule has 1 aliphatic rings. The number of nitrogens with zero attached hydrogens (tertiary/aromatic N) is 3. The second kappa shape index (κ2) is 8.89. The van der Waals surface area contributed by atoms with Crippen molar-refractivity contribution in [1.29, 1.82) is 0 Å². The van der Waals surface area contributed by atoms with E-state index in [1.165, 1.54) is 19.3 Å². The minimum Gasteiger partial charge on any atom is -0.348 e. The number of hydrogen-bond acceptors (Lipinski definition) is 4. The van der Waals surface area contributed by atoms with Gasteiger partial charge in [-0.2, -0.15) is 0 Å². The Hall–Kier alpha value is -2.50. The number of carbonyl (C=O) groups excluding carboxylic acids is 1. The van der Waals surface area contributed by atoms with E-state index in [0.29, 0.717) is 10.6 Å². The zero-order chi connectivity index (χ0) is 20.2. The maximum Gasteiger partial charge on any atom is 0.252 e. The first-order valence-corrected chi connectivity index (χ1v) is 10.5. The molecule has 3 aromatic rings. The minimum absolute atomic E-state index is 0.0600. The van der Waals surface area contributed by atoms with E-state index >= 15 is 0 Å². The molecule has 1 saturated heterocycles. The van der Waals surface area contributed by atoms with Crippen LogP contribution in [-0.2, 0) is 0 Å². The van der Waals surface area contributed by atoms with Crippen LogP contribution in [0.1, 0.15) is 36.5 Å². The van der Waals surface area contributed by atoms with E-state index in [2.05, 4.69) is 22.1 Å². The molecule has 5 nitrogen and oxygen atoms in total. The summed E-state index contributed by atoms with van der Waals surface area (Å²) < 4.78 is 0. The van der Waals surface area contributed by atoms with Crippen LogP contribution in [0.25, 0.3) is 22.2 Å². The summed E-state index contributed by atoms with van der Waals surface area (Å²) in [6, 6.07) is 11.2. The molecule has 0 spiro atoms. The maximum absolute atomic E-state index is 13.2. The van der Waals surface area contributed by atoms with E-state index in [0.717, 1.165) is 41.8 Å². The van der Waals surface area contributed by atoms with Crippen molar-refractivity contribution in [1.82, 2.24) is 20.2 Å². The number of aromatic nitrogens is 2. The van der Waals surface area contributed by atoms with Gasteiger partial charge in [-0.1, -0.05) is 18.0 Å². The van der Waals surface area contributed by atoms with E-state index in [1.54, 1.807) is 24.5 Å². The first kappa shape index (κ1) is 19.8. The van der Waals surface area contributed by atoms with Crippen molar-refractivity contribution in [2.45, 2.75) is 32.2 Å². The van der Waals surface area contributed by atoms with Crippen LogP contribution in [0.3, 0.4) is 0 Å². The fourth-order valence-electron chi connectivity index (χ4n) is 3.92.